The lowest BCUT2D eigenvalue weighted by molar-refractivity contribution is -0.132. The fraction of sp³-hybridized carbons (Fsp3) is 0.865. The average Bonchev–Trinajstić information content (AvgIpc) is 2.99. The molecule has 274 valence electrons. The third-order valence-electron chi connectivity index (χ3n) is 8.08. The Labute approximate surface area is 286 Å². The van der Waals surface area contributed by atoms with Gasteiger partial charge in [0, 0.05) is 38.4 Å². The van der Waals surface area contributed by atoms with Crippen LogP contribution in [0.1, 0.15) is 164 Å². The molecule has 0 saturated heterocycles. The lowest BCUT2D eigenvalue weighted by atomic mass is 10.0. The second-order valence-corrected chi connectivity index (χ2v) is 14.3. The Morgan fingerprint density at radius 3 is 1.30 bits per heavy atom. The van der Waals surface area contributed by atoms with Crippen LogP contribution in [0.15, 0.2) is 0 Å². The van der Waals surface area contributed by atoms with Gasteiger partial charge in [-0.15, -0.1) is 0 Å². The normalized spacial score (nSPS) is 12.6. The Bertz CT molecular complexity index is 877. The molecule has 0 rings (SSSR count). The van der Waals surface area contributed by atoms with Gasteiger partial charge >= 0.3 is 0 Å². The van der Waals surface area contributed by atoms with Crippen molar-refractivity contribution in [2.75, 3.05) is 13.1 Å². The Balaban J connectivity index is 5.01. The fourth-order valence-corrected chi connectivity index (χ4v) is 5.25. The molecule has 0 aromatic carbocycles. The van der Waals surface area contributed by atoms with Crippen molar-refractivity contribution < 1.29 is 24.0 Å². The van der Waals surface area contributed by atoms with E-state index in [1.807, 2.05) is 13.8 Å². The van der Waals surface area contributed by atoms with Gasteiger partial charge in [0.1, 0.15) is 12.1 Å². The standard InChI is InChI=1S/C37H71N5O5/c1-8-9-10-25-35(45)41-31(21-15-17-26-38-33(43)23-13-11-19-28(2)3)37(47)42-32(36(46)40-30(6)7)22-16-18-27-39-34(44)24-14-12-20-29(4)5/h28-32H,8-27H2,1-7H3,(H,38,43)(H,39,44)(H,40,46)(H,41,45)(H,42,47). The van der Waals surface area contributed by atoms with E-state index in [0.29, 0.717) is 82.7 Å². The molecule has 0 heterocycles. The monoisotopic (exact) mass is 666 g/mol. The van der Waals surface area contributed by atoms with Gasteiger partial charge < -0.3 is 26.6 Å². The van der Waals surface area contributed by atoms with Gasteiger partial charge in [0.15, 0.2) is 0 Å². The minimum atomic E-state index is -0.764. The van der Waals surface area contributed by atoms with E-state index in [-0.39, 0.29) is 35.6 Å². The molecule has 0 aliphatic heterocycles. The zero-order valence-corrected chi connectivity index (χ0v) is 31.1. The number of amides is 5. The molecule has 0 aromatic rings. The van der Waals surface area contributed by atoms with Crippen molar-refractivity contribution in [3.8, 4) is 0 Å². The second-order valence-electron chi connectivity index (χ2n) is 14.3. The molecule has 0 aromatic heterocycles. The first-order valence-corrected chi connectivity index (χ1v) is 18.8. The number of hydrogen-bond donors (Lipinski definition) is 5. The zero-order chi connectivity index (χ0) is 35.5. The number of unbranched alkanes of at least 4 members (excludes halogenated alkanes) is 6. The van der Waals surface area contributed by atoms with E-state index < -0.39 is 12.1 Å². The molecule has 0 aliphatic rings. The highest BCUT2D eigenvalue weighted by molar-refractivity contribution is 5.92. The molecule has 10 heteroatoms. The summed E-state index contributed by atoms with van der Waals surface area (Å²) in [5, 5.41) is 14.6. The molecule has 2 unspecified atom stereocenters. The van der Waals surface area contributed by atoms with Gasteiger partial charge in [0.2, 0.25) is 29.5 Å². The van der Waals surface area contributed by atoms with Crippen LogP contribution in [0.2, 0.25) is 0 Å². The molecule has 5 amide bonds. The minimum absolute atomic E-state index is 0.0486. The number of nitrogens with one attached hydrogen (secondary N) is 5. The SMILES string of the molecule is CCCCCC(=O)NC(CCCCNC(=O)CCCCC(C)C)C(=O)NC(CCCCNC(=O)CCCCC(C)C)C(=O)NC(C)C. The fourth-order valence-electron chi connectivity index (χ4n) is 5.25. The van der Waals surface area contributed by atoms with Crippen molar-refractivity contribution in [1.82, 2.24) is 26.6 Å². The number of carbonyl (C=O) groups excluding carboxylic acids is 5. The molecule has 0 aliphatic carbocycles. The highest BCUT2D eigenvalue weighted by Crippen LogP contribution is 2.10. The number of rotatable bonds is 29. The quantitative estimate of drug-likeness (QED) is 0.0616. The molecule has 2 atom stereocenters. The second kappa shape index (κ2) is 28.4. The van der Waals surface area contributed by atoms with Crippen molar-refractivity contribution in [2.24, 2.45) is 11.8 Å². The van der Waals surface area contributed by atoms with Crippen molar-refractivity contribution >= 4 is 29.5 Å². The van der Waals surface area contributed by atoms with Crippen LogP contribution in [0.25, 0.3) is 0 Å². The highest BCUT2D eigenvalue weighted by Gasteiger charge is 2.26. The van der Waals surface area contributed by atoms with Gasteiger partial charge in [0.25, 0.3) is 0 Å². The highest BCUT2D eigenvalue weighted by atomic mass is 16.2. The molecule has 5 N–H and O–H groups in total. The Hall–Kier alpha value is -2.65. The summed E-state index contributed by atoms with van der Waals surface area (Å²) in [5.74, 6) is 0.584. The van der Waals surface area contributed by atoms with Crippen LogP contribution < -0.4 is 26.6 Å². The molecular formula is C37H71N5O5. The molecule has 0 saturated carbocycles. The predicted molar refractivity (Wildman–Crippen MR) is 192 cm³/mol. The third-order valence-corrected chi connectivity index (χ3v) is 8.08. The Morgan fingerprint density at radius 2 is 0.851 bits per heavy atom. The zero-order valence-electron chi connectivity index (χ0n) is 31.1. The van der Waals surface area contributed by atoms with Gasteiger partial charge in [-0.2, -0.15) is 0 Å². The summed E-state index contributed by atoms with van der Waals surface area (Å²) in [6.07, 6.45) is 13.7. The molecule has 47 heavy (non-hydrogen) atoms. The maximum atomic E-state index is 13.5. The maximum Gasteiger partial charge on any atom is 0.243 e. The molecule has 0 radical (unpaired) electrons. The molecule has 0 spiro atoms. The Kier molecular flexibility index (Phi) is 26.8. The van der Waals surface area contributed by atoms with Crippen LogP contribution in [0.3, 0.4) is 0 Å². The van der Waals surface area contributed by atoms with Crippen molar-refractivity contribution in [1.29, 1.82) is 0 Å². The van der Waals surface area contributed by atoms with Gasteiger partial charge in [-0.05, 0) is 83.5 Å². The van der Waals surface area contributed by atoms with E-state index in [2.05, 4.69) is 61.2 Å². The van der Waals surface area contributed by atoms with Gasteiger partial charge in [0.05, 0.1) is 0 Å². The van der Waals surface area contributed by atoms with E-state index in [0.717, 1.165) is 57.8 Å². The third kappa shape index (κ3) is 27.0. The summed E-state index contributed by atoms with van der Waals surface area (Å²) in [6.45, 7) is 15.6. The summed E-state index contributed by atoms with van der Waals surface area (Å²) in [5.41, 5.74) is 0. The van der Waals surface area contributed by atoms with E-state index in [1.165, 1.54) is 0 Å². The maximum absolute atomic E-state index is 13.5. The Morgan fingerprint density at radius 1 is 0.447 bits per heavy atom. The number of carbonyl (C=O) groups is 5. The first-order valence-electron chi connectivity index (χ1n) is 18.8. The van der Waals surface area contributed by atoms with Crippen LogP contribution in [0.5, 0.6) is 0 Å². The van der Waals surface area contributed by atoms with E-state index in [9.17, 15) is 24.0 Å². The molecule has 0 fully saturated rings. The first-order chi connectivity index (χ1) is 22.3. The number of hydrogen-bond acceptors (Lipinski definition) is 5. The summed E-state index contributed by atoms with van der Waals surface area (Å²) >= 11 is 0. The van der Waals surface area contributed by atoms with E-state index in [4.69, 9.17) is 0 Å². The van der Waals surface area contributed by atoms with Crippen molar-refractivity contribution in [3.05, 3.63) is 0 Å². The van der Waals surface area contributed by atoms with Crippen LogP contribution in [-0.2, 0) is 24.0 Å². The van der Waals surface area contributed by atoms with Crippen LogP contribution in [-0.4, -0.2) is 60.8 Å². The largest absolute Gasteiger partial charge is 0.356 e. The molecule has 10 nitrogen and oxygen atoms in total. The molecular weight excluding hydrogens is 594 g/mol. The molecule has 0 bridgehead atoms. The lowest BCUT2D eigenvalue weighted by Crippen LogP contribution is -2.54. The van der Waals surface area contributed by atoms with Gasteiger partial charge in [-0.1, -0.05) is 73.1 Å². The first kappa shape index (κ1) is 44.4. The van der Waals surface area contributed by atoms with Crippen LogP contribution in [0, 0.1) is 11.8 Å². The smallest absolute Gasteiger partial charge is 0.243 e. The predicted octanol–water partition coefficient (Wildman–Crippen LogP) is 6.07. The minimum Gasteiger partial charge on any atom is -0.356 e. The summed E-state index contributed by atoms with van der Waals surface area (Å²) in [4.78, 5) is 63.5. The van der Waals surface area contributed by atoms with Gasteiger partial charge in [-0.25, -0.2) is 0 Å². The van der Waals surface area contributed by atoms with E-state index in [1.54, 1.807) is 0 Å². The average molecular weight is 666 g/mol. The van der Waals surface area contributed by atoms with Gasteiger partial charge in [-0.3, -0.25) is 24.0 Å². The van der Waals surface area contributed by atoms with Crippen molar-refractivity contribution in [2.45, 2.75) is 182 Å². The topological polar surface area (TPSA) is 146 Å². The lowest BCUT2D eigenvalue weighted by Gasteiger charge is -2.24. The van der Waals surface area contributed by atoms with Crippen LogP contribution >= 0.6 is 0 Å². The summed E-state index contributed by atoms with van der Waals surface area (Å²) in [7, 11) is 0. The van der Waals surface area contributed by atoms with Crippen LogP contribution in [0.4, 0.5) is 0 Å². The summed E-state index contributed by atoms with van der Waals surface area (Å²) in [6, 6.07) is -1.59. The summed E-state index contributed by atoms with van der Waals surface area (Å²) < 4.78 is 0. The van der Waals surface area contributed by atoms with Crippen molar-refractivity contribution in [3.63, 3.8) is 0 Å². The van der Waals surface area contributed by atoms with E-state index >= 15 is 0 Å².